The largest absolute Gasteiger partial charge is 0.288 e. The molecule has 1 aromatic rings. The molecule has 0 spiro atoms. The van der Waals surface area contributed by atoms with Crippen molar-refractivity contribution in [3.05, 3.63) is 39.8 Å². The van der Waals surface area contributed by atoms with E-state index in [1.807, 2.05) is 0 Å². The van der Waals surface area contributed by atoms with Crippen LogP contribution in [0.4, 0.5) is 0 Å². The normalized spacial score (nSPS) is 9.00. The quantitative estimate of drug-likeness (QED) is 0.542. The van der Waals surface area contributed by atoms with Crippen LogP contribution in [0.25, 0.3) is 0 Å². The SMILES string of the molecule is O=c1nccccc1Cl. The van der Waals surface area contributed by atoms with E-state index in [2.05, 4.69) is 4.98 Å². The molecule has 0 fully saturated rings. The van der Waals surface area contributed by atoms with Crippen LogP contribution in [-0.4, -0.2) is 4.98 Å². The highest BCUT2D eigenvalue weighted by Crippen LogP contribution is 1.94. The van der Waals surface area contributed by atoms with E-state index in [9.17, 15) is 4.79 Å². The van der Waals surface area contributed by atoms with E-state index in [1.165, 1.54) is 12.3 Å². The lowest BCUT2D eigenvalue weighted by atomic mass is 10.5. The van der Waals surface area contributed by atoms with Crippen molar-refractivity contribution in [2.24, 2.45) is 0 Å². The Morgan fingerprint density at radius 2 is 2.22 bits per heavy atom. The zero-order valence-corrected chi connectivity index (χ0v) is 5.30. The van der Waals surface area contributed by atoms with E-state index >= 15 is 0 Å². The van der Waals surface area contributed by atoms with Gasteiger partial charge in [0.05, 0.1) is 0 Å². The molecule has 0 unspecified atom stereocenters. The van der Waals surface area contributed by atoms with E-state index in [1.54, 1.807) is 12.1 Å². The molecule has 0 saturated heterocycles. The molecule has 0 bridgehead atoms. The summed E-state index contributed by atoms with van der Waals surface area (Å²) < 4.78 is 0. The summed E-state index contributed by atoms with van der Waals surface area (Å²) in [6, 6.07) is 4.82. The van der Waals surface area contributed by atoms with Gasteiger partial charge >= 0.3 is 0 Å². The van der Waals surface area contributed by atoms with Gasteiger partial charge in [-0.2, -0.15) is 0 Å². The van der Waals surface area contributed by atoms with Gasteiger partial charge in [-0.25, -0.2) is 4.98 Å². The second-order valence-corrected chi connectivity index (χ2v) is 1.89. The van der Waals surface area contributed by atoms with Gasteiger partial charge in [0.1, 0.15) is 5.02 Å². The van der Waals surface area contributed by atoms with E-state index in [0.29, 0.717) is 0 Å². The third-order valence-corrected chi connectivity index (χ3v) is 1.12. The average Bonchev–Trinajstić information content (AvgIpc) is 1.99. The maximum Gasteiger partial charge on any atom is 0.288 e. The number of halogens is 1. The zero-order valence-electron chi connectivity index (χ0n) is 4.54. The van der Waals surface area contributed by atoms with E-state index in [4.69, 9.17) is 11.6 Å². The lowest BCUT2D eigenvalue weighted by Gasteiger charge is -1.70. The summed E-state index contributed by atoms with van der Waals surface area (Å²) in [6.45, 7) is 0. The molecule has 0 aliphatic carbocycles. The summed E-state index contributed by atoms with van der Waals surface area (Å²) in [5.41, 5.74) is -0.387. The Kier molecular flexibility index (Phi) is 1.80. The minimum atomic E-state index is -0.387. The number of nitrogens with zero attached hydrogens (tertiary/aromatic N) is 1. The molecule has 0 amide bonds. The summed E-state index contributed by atoms with van der Waals surface area (Å²) in [5.74, 6) is 0. The first-order valence-corrected chi connectivity index (χ1v) is 2.79. The Bertz CT molecular complexity index is 261. The lowest BCUT2D eigenvalue weighted by molar-refractivity contribution is 1.27. The molecule has 0 radical (unpaired) electrons. The third kappa shape index (κ3) is 1.50. The highest BCUT2D eigenvalue weighted by atomic mass is 35.5. The minimum Gasteiger partial charge on any atom is -0.266 e. The second-order valence-electron chi connectivity index (χ2n) is 1.48. The van der Waals surface area contributed by atoms with Gasteiger partial charge in [-0.05, 0) is 12.1 Å². The van der Waals surface area contributed by atoms with E-state index in [-0.39, 0.29) is 10.6 Å². The lowest BCUT2D eigenvalue weighted by Crippen LogP contribution is -1.99. The molecule has 3 heteroatoms. The highest BCUT2D eigenvalue weighted by Gasteiger charge is 1.87. The summed E-state index contributed by atoms with van der Waals surface area (Å²) in [6.07, 6.45) is 1.41. The maximum atomic E-state index is 10.6. The second kappa shape index (κ2) is 2.60. The molecule has 0 N–H and O–H groups in total. The summed E-state index contributed by atoms with van der Waals surface area (Å²) in [5, 5.41) is 0.153. The van der Waals surface area contributed by atoms with Crippen molar-refractivity contribution in [1.82, 2.24) is 4.98 Å². The van der Waals surface area contributed by atoms with Crippen LogP contribution in [0.3, 0.4) is 0 Å². The molecule has 1 rings (SSSR count). The van der Waals surface area contributed by atoms with E-state index < -0.39 is 0 Å². The molecule has 0 atom stereocenters. The van der Waals surface area contributed by atoms with Gasteiger partial charge in [-0.1, -0.05) is 17.7 Å². The molecule has 1 aromatic heterocycles. The summed E-state index contributed by atoms with van der Waals surface area (Å²) >= 11 is 5.42. The van der Waals surface area contributed by atoms with Gasteiger partial charge in [-0.15, -0.1) is 0 Å². The van der Waals surface area contributed by atoms with Crippen molar-refractivity contribution < 1.29 is 0 Å². The number of aromatic nitrogens is 1. The topological polar surface area (TPSA) is 30.0 Å². The standard InChI is InChI=1S/C6H4ClNO/c7-5-3-1-2-4-8-6(5)9/h1-4H. The molecular formula is C6H4ClNO. The summed E-state index contributed by atoms with van der Waals surface area (Å²) in [7, 11) is 0. The van der Waals surface area contributed by atoms with Crippen LogP contribution in [0.2, 0.25) is 5.02 Å². The first kappa shape index (κ1) is 6.23. The van der Waals surface area contributed by atoms with Gasteiger partial charge in [0.2, 0.25) is 0 Å². The predicted molar refractivity (Wildman–Crippen MR) is 35.5 cm³/mol. The van der Waals surface area contributed by atoms with Crippen molar-refractivity contribution in [1.29, 1.82) is 0 Å². The monoisotopic (exact) mass is 141 g/mol. The Morgan fingerprint density at radius 3 is 3.00 bits per heavy atom. The average molecular weight is 142 g/mol. The third-order valence-electron chi connectivity index (χ3n) is 0.836. The van der Waals surface area contributed by atoms with Crippen molar-refractivity contribution in [3.8, 4) is 0 Å². The fourth-order valence-corrected chi connectivity index (χ4v) is 0.555. The zero-order chi connectivity index (χ0) is 6.69. The minimum absolute atomic E-state index is 0.153. The molecule has 0 aromatic carbocycles. The Balaban J connectivity index is 3.42. The molecule has 0 saturated carbocycles. The van der Waals surface area contributed by atoms with Crippen LogP contribution in [-0.2, 0) is 0 Å². The van der Waals surface area contributed by atoms with Gasteiger partial charge in [0.15, 0.2) is 0 Å². The first-order valence-electron chi connectivity index (χ1n) is 2.41. The predicted octanol–water partition coefficient (Wildman–Crippen LogP) is 1.10. The van der Waals surface area contributed by atoms with Crippen LogP contribution >= 0.6 is 11.6 Å². The summed E-state index contributed by atoms with van der Waals surface area (Å²) in [4.78, 5) is 14.0. The fourth-order valence-electron chi connectivity index (χ4n) is 0.433. The Labute approximate surface area is 57.1 Å². The molecule has 2 nitrogen and oxygen atoms in total. The van der Waals surface area contributed by atoms with Crippen LogP contribution in [0.1, 0.15) is 0 Å². The molecule has 0 aliphatic rings. The van der Waals surface area contributed by atoms with E-state index in [0.717, 1.165) is 0 Å². The number of rotatable bonds is 0. The van der Waals surface area contributed by atoms with Crippen molar-refractivity contribution >= 4 is 11.6 Å². The molecule has 0 aliphatic heterocycles. The molecule has 46 valence electrons. The van der Waals surface area contributed by atoms with Crippen LogP contribution in [0.5, 0.6) is 0 Å². The van der Waals surface area contributed by atoms with Crippen LogP contribution < -0.4 is 5.56 Å². The van der Waals surface area contributed by atoms with Gasteiger partial charge in [0.25, 0.3) is 5.56 Å². The smallest absolute Gasteiger partial charge is 0.266 e. The highest BCUT2D eigenvalue weighted by molar-refractivity contribution is 6.30. The van der Waals surface area contributed by atoms with Gasteiger partial charge < -0.3 is 0 Å². The Morgan fingerprint density at radius 1 is 1.44 bits per heavy atom. The van der Waals surface area contributed by atoms with Crippen LogP contribution in [0, 0.1) is 0 Å². The number of hydrogen-bond donors (Lipinski definition) is 0. The van der Waals surface area contributed by atoms with Crippen LogP contribution in [0.15, 0.2) is 29.2 Å². The Hall–Kier alpha value is -0.890. The molecule has 1 heterocycles. The fraction of sp³-hybridized carbons (Fsp3) is 0. The maximum absolute atomic E-state index is 10.6. The van der Waals surface area contributed by atoms with Crippen molar-refractivity contribution in [3.63, 3.8) is 0 Å². The molecular weight excluding hydrogens is 138 g/mol. The number of hydrogen-bond acceptors (Lipinski definition) is 2. The van der Waals surface area contributed by atoms with Gasteiger partial charge in [0, 0.05) is 6.20 Å². The first-order chi connectivity index (χ1) is 4.30. The van der Waals surface area contributed by atoms with Crippen molar-refractivity contribution in [2.45, 2.75) is 0 Å². The van der Waals surface area contributed by atoms with Gasteiger partial charge in [-0.3, -0.25) is 4.79 Å². The molecule has 9 heavy (non-hydrogen) atoms. The van der Waals surface area contributed by atoms with Crippen molar-refractivity contribution in [2.75, 3.05) is 0 Å².